The molecule has 0 aliphatic carbocycles. The number of rotatable bonds is 1. The van der Waals surface area contributed by atoms with Crippen LogP contribution in [0.1, 0.15) is 16.7 Å². The van der Waals surface area contributed by atoms with Gasteiger partial charge < -0.3 is 0 Å². The molecule has 3 rings (SSSR count). The van der Waals surface area contributed by atoms with Crippen molar-refractivity contribution in [3.05, 3.63) is 28.0 Å². The number of hydrogen-bond donors (Lipinski definition) is 0. The monoisotopic (exact) mass is 250 g/mol. The Labute approximate surface area is 100 Å². The number of thiophene rings is 3. The molecule has 0 aliphatic heterocycles. The molecular formula is C12H10S3. The first-order valence-corrected chi connectivity index (χ1v) is 7.28. The Morgan fingerprint density at radius 2 is 1.73 bits per heavy atom. The van der Waals surface area contributed by atoms with Crippen LogP contribution in [0.25, 0.3) is 24.9 Å². The van der Waals surface area contributed by atoms with Gasteiger partial charge in [0, 0.05) is 19.2 Å². The minimum Gasteiger partial charge on any atom is -0.138 e. The highest BCUT2D eigenvalue weighted by molar-refractivity contribution is 7.38. The Morgan fingerprint density at radius 3 is 2.53 bits per heavy atom. The van der Waals surface area contributed by atoms with Crippen LogP contribution in [-0.2, 0) is 0 Å². The van der Waals surface area contributed by atoms with E-state index in [4.69, 9.17) is 0 Å². The third-order valence-corrected chi connectivity index (χ3v) is 5.95. The number of aryl methyl sites for hydroxylation is 1. The van der Waals surface area contributed by atoms with E-state index in [1.165, 1.54) is 28.6 Å². The summed E-state index contributed by atoms with van der Waals surface area (Å²) in [6.07, 6.45) is 4.29. The van der Waals surface area contributed by atoms with Gasteiger partial charge in [0.2, 0.25) is 0 Å². The van der Waals surface area contributed by atoms with Crippen molar-refractivity contribution >= 4 is 58.9 Å². The lowest BCUT2D eigenvalue weighted by molar-refractivity contribution is 1.66. The second kappa shape index (κ2) is 3.44. The smallest absolute Gasteiger partial charge is 0.0635 e. The van der Waals surface area contributed by atoms with Gasteiger partial charge in [-0.25, -0.2) is 0 Å². The van der Waals surface area contributed by atoms with Crippen molar-refractivity contribution in [2.45, 2.75) is 13.8 Å². The lowest BCUT2D eigenvalue weighted by Crippen LogP contribution is -1.52. The standard InChI is InChI=1S/C12H10S3/c1-3-4-8-6-10-12(14-8)11-9(15-10)5-7(2)13-11/h3-6H,1-2H3/b4-3+. The van der Waals surface area contributed by atoms with E-state index < -0.39 is 0 Å². The van der Waals surface area contributed by atoms with Gasteiger partial charge in [-0.15, -0.1) is 34.0 Å². The van der Waals surface area contributed by atoms with Gasteiger partial charge in [-0.3, -0.25) is 0 Å². The molecule has 0 nitrogen and oxygen atoms in total. The van der Waals surface area contributed by atoms with E-state index in [1.807, 2.05) is 34.0 Å². The van der Waals surface area contributed by atoms with Crippen molar-refractivity contribution in [2.75, 3.05) is 0 Å². The first-order valence-electron chi connectivity index (χ1n) is 4.83. The molecule has 0 unspecified atom stereocenters. The van der Waals surface area contributed by atoms with Crippen molar-refractivity contribution in [3.63, 3.8) is 0 Å². The van der Waals surface area contributed by atoms with Gasteiger partial charge in [0.1, 0.15) is 0 Å². The van der Waals surface area contributed by atoms with Crippen molar-refractivity contribution in [1.82, 2.24) is 0 Å². The van der Waals surface area contributed by atoms with E-state index in [2.05, 4.69) is 38.1 Å². The van der Waals surface area contributed by atoms with Crippen LogP contribution in [-0.4, -0.2) is 0 Å². The molecule has 0 amide bonds. The Kier molecular flexibility index (Phi) is 2.20. The lowest BCUT2D eigenvalue weighted by Gasteiger charge is -1.79. The van der Waals surface area contributed by atoms with Crippen LogP contribution in [0.4, 0.5) is 0 Å². The zero-order chi connectivity index (χ0) is 10.4. The maximum atomic E-state index is 2.30. The summed E-state index contributed by atoms with van der Waals surface area (Å²) in [5.41, 5.74) is 0. The molecule has 76 valence electrons. The predicted octanol–water partition coefficient (Wildman–Crippen LogP) is 5.52. The average Bonchev–Trinajstić information content (AvgIpc) is 2.76. The van der Waals surface area contributed by atoms with Crippen molar-refractivity contribution in [3.8, 4) is 0 Å². The summed E-state index contributed by atoms with van der Waals surface area (Å²) in [5.74, 6) is 0. The highest BCUT2D eigenvalue weighted by atomic mass is 32.1. The zero-order valence-electron chi connectivity index (χ0n) is 8.53. The summed E-state index contributed by atoms with van der Waals surface area (Å²) < 4.78 is 5.84. The third kappa shape index (κ3) is 1.46. The van der Waals surface area contributed by atoms with Crippen molar-refractivity contribution in [1.29, 1.82) is 0 Å². The maximum absolute atomic E-state index is 2.30. The molecule has 3 heterocycles. The average molecular weight is 250 g/mol. The summed E-state index contributed by atoms with van der Waals surface area (Å²) in [6.45, 7) is 4.25. The van der Waals surface area contributed by atoms with Crippen LogP contribution in [0.3, 0.4) is 0 Å². The molecule has 3 aromatic rings. The van der Waals surface area contributed by atoms with E-state index in [0.29, 0.717) is 0 Å². The first-order chi connectivity index (χ1) is 7.28. The lowest BCUT2D eigenvalue weighted by atomic mass is 10.4. The fraction of sp³-hybridized carbons (Fsp3) is 0.167. The molecule has 0 saturated heterocycles. The quantitative estimate of drug-likeness (QED) is 0.533. The van der Waals surface area contributed by atoms with Crippen LogP contribution in [0.2, 0.25) is 0 Å². The first kappa shape index (κ1) is 9.58. The van der Waals surface area contributed by atoms with Crippen LogP contribution >= 0.6 is 34.0 Å². The van der Waals surface area contributed by atoms with E-state index >= 15 is 0 Å². The molecule has 3 heteroatoms. The fourth-order valence-corrected chi connectivity index (χ4v) is 5.63. The highest BCUT2D eigenvalue weighted by Gasteiger charge is 2.10. The Balaban J connectivity index is 2.34. The Morgan fingerprint density at radius 1 is 1.00 bits per heavy atom. The molecule has 15 heavy (non-hydrogen) atoms. The summed E-state index contributed by atoms with van der Waals surface area (Å²) in [7, 11) is 0. The molecular weight excluding hydrogens is 240 g/mol. The minimum atomic E-state index is 1.37. The second-order valence-electron chi connectivity index (χ2n) is 3.49. The molecule has 0 radical (unpaired) electrons. The largest absolute Gasteiger partial charge is 0.138 e. The molecule has 0 spiro atoms. The molecule has 0 fully saturated rings. The topological polar surface area (TPSA) is 0 Å². The number of fused-ring (bicyclic) bond motifs is 3. The van der Waals surface area contributed by atoms with Crippen LogP contribution < -0.4 is 0 Å². The van der Waals surface area contributed by atoms with E-state index in [0.717, 1.165) is 0 Å². The predicted molar refractivity (Wildman–Crippen MR) is 74.5 cm³/mol. The molecule has 3 aromatic heterocycles. The summed E-state index contributed by atoms with van der Waals surface area (Å²) >= 11 is 5.74. The third-order valence-electron chi connectivity index (χ3n) is 2.30. The van der Waals surface area contributed by atoms with Gasteiger partial charge in [0.05, 0.1) is 9.40 Å². The summed E-state index contributed by atoms with van der Waals surface area (Å²) in [5, 5.41) is 0. The SMILES string of the molecule is C/C=C/c1cc2sc3cc(C)sc3c2s1. The molecule has 0 aliphatic rings. The number of hydrogen-bond acceptors (Lipinski definition) is 3. The van der Waals surface area contributed by atoms with E-state index in [9.17, 15) is 0 Å². The normalized spacial score (nSPS) is 12.4. The Bertz CT molecular complexity index is 649. The Hall–Kier alpha value is -0.640. The van der Waals surface area contributed by atoms with Crippen LogP contribution in [0, 0.1) is 6.92 Å². The fourth-order valence-electron chi connectivity index (χ4n) is 1.72. The second-order valence-corrected chi connectivity index (χ2v) is 6.92. The van der Waals surface area contributed by atoms with Gasteiger partial charge in [-0.1, -0.05) is 6.08 Å². The molecule has 0 aromatic carbocycles. The van der Waals surface area contributed by atoms with Crippen LogP contribution in [0.15, 0.2) is 18.2 Å². The van der Waals surface area contributed by atoms with Gasteiger partial charge in [0.25, 0.3) is 0 Å². The maximum Gasteiger partial charge on any atom is 0.0635 e. The molecule has 0 saturated carbocycles. The highest BCUT2D eigenvalue weighted by Crippen LogP contribution is 2.43. The van der Waals surface area contributed by atoms with Gasteiger partial charge >= 0.3 is 0 Å². The van der Waals surface area contributed by atoms with Gasteiger partial charge in [-0.05, 0) is 32.1 Å². The van der Waals surface area contributed by atoms with E-state index in [1.54, 1.807) is 0 Å². The number of allylic oxidation sites excluding steroid dienone is 1. The van der Waals surface area contributed by atoms with E-state index in [-0.39, 0.29) is 0 Å². The zero-order valence-corrected chi connectivity index (χ0v) is 11.0. The van der Waals surface area contributed by atoms with Gasteiger partial charge in [-0.2, -0.15) is 0 Å². The van der Waals surface area contributed by atoms with Crippen LogP contribution in [0.5, 0.6) is 0 Å². The molecule has 0 bridgehead atoms. The molecule has 0 atom stereocenters. The molecule has 0 N–H and O–H groups in total. The minimum absolute atomic E-state index is 1.37. The van der Waals surface area contributed by atoms with Crippen molar-refractivity contribution < 1.29 is 0 Å². The van der Waals surface area contributed by atoms with Crippen molar-refractivity contribution in [2.24, 2.45) is 0 Å². The summed E-state index contributed by atoms with van der Waals surface area (Å²) in [6, 6.07) is 4.60. The van der Waals surface area contributed by atoms with Gasteiger partial charge in [0.15, 0.2) is 0 Å². The summed E-state index contributed by atoms with van der Waals surface area (Å²) in [4.78, 5) is 2.78.